The van der Waals surface area contributed by atoms with Gasteiger partial charge < -0.3 is 0 Å². The van der Waals surface area contributed by atoms with Gasteiger partial charge in [-0.2, -0.15) is 0 Å². The Balaban J connectivity index is 0.000000605. The van der Waals surface area contributed by atoms with Gasteiger partial charge in [0, 0.05) is 12.4 Å². The number of nitrogens with zero attached hydrogens (tertiary/aromatic N) is 2. The molecule has 0 aliphatic heterocycles. The second-order valence-corrected chi connectivity index (χ2v) is 2.05. The van der Waals surface area contributed by atoms with Crippen LogP contribution in [-0.2, 0) is 0 Å². The summed E-state index contributed by atoms with van der Waals surface area (Å²) in [4.78, 5) is 8.24. The van der Waals surface area contributed by atoms with Crippen LogP contribution in [0.3, 0.4) is 0 Å². The third-order valence-corrected chi connectivity index (χ3v) is 1.38. The van der Waals surface area contributed by atoms with E-state index in [-0.39, 0.29) is 18.9 Å². The van der Waals surface area contributed by atoms with Gasteiger partial charge in [-0.15, -0.1) is 0 Å². The molecule has 0 unspecified atom stereocenters. The van der Waals surface area contributed by atoms with Crippen LogP contribution in [0.25, 0.3) is 11.0 Å². The fraction of sp³-hybridized carbons (Fsp3) is 0. The Hall–Kier alpha value is -0.843. The van der Waals surface area contributed by atoms with Gasteiger partial charge in [0.1, 0.15) is 0 Å². The molecule has 2 rings (SSSR count). The Morgan fingerprint density at radius 1 is 0.818 bits per heavy atom. The van der Waals surface area contributed by atoms with E-state index in [9.17, 15) is 0 Å². The first-order valence-electron chi connectivity index (χ1n) is 3.12. The van der Waals surface area contributed by atoms with Crippen molar-refractivity contribution in [2.45, 2.75) is 0 Å². The fourth-order valence-corrected chi connectivity index (χ4v) is 0.910. The molecule has 0 N–H and O–H groups in total. The Bertz CT molecular complexity index is 283. The first-order valence-corrected chi connectivity index (χ1v) is 3.12. The van der Waals surface area contributed by atoms with Gasteiger partial charge in [0.2, 0.25) is 0 Å². The van der Waals surface area contributed by atoms with Gasteiger partial charge in [0.25, 0.3) is 0 Å². The summed E-state index contributed by atoms with van der Waals surface area (Å²) in [5.41, 5.74) is 1.90. The second kappa shape index (κ2) is 3.52. The predicted octanol–water partition coefficient (Wildman–Crippen LogP) is 0.981. The van der Waals surface area contributed by atoms with E-state index < -0.39 is 0 Å². The van der Waals surface area contributed by atoms with Crippen LogP contribution >= 0.6 is 0 Å². The molecule has 0 saturated heterocycles. The summed E-state index contributed by atoms with van der Waals surface area (Å²) in [5.74, 6) is 0. The minimum atomic E-state index is 0. The van der Waals surface area contributed by atoms with Crippen molar-refractivity contribution in [2.75, 3.05) is 0 Å². The number of hydrogen-bond donors (Lipinski definition) is 0. The van der Waals surface area contributed by atoms with E-state index in [0.29, 0.717) is 0 Å². The number of rotatable bonds is 0. The Morgan fingerprint density at radius 2 is 1.27 bits per heavy atom. The molecule has 0 bridgehead atoms. The average molecular weight is 138 g/mol. The maximum Gasteiger partial charge on any atom is 0.0886 e. The number of hydrogen-bond acceptors (Lipinski definition) is 2. The molecule has 2 nitrogen and oxygen atoms in total. The molecule has 0 aliphatic rings. The second-order valence-electron chi connectivity index (χ2n) is 2.05. The first kappa shape index (κ1) is 8.26. The van der Waals surface area contributed by atoms with Crippen LogP contribution in [0.1, 0.15) is 0 Å². The van der Waals surface area contributed by atoms with Crippen molar-refractivity contribution in [1.82, 2.24) is 9.97 Å². The average Bonchev–Trinajstić information content (AvgIpc) is 2.05. The summed E-state index contributed by atoms with van der Waals surface area (Å²) in [7, 11) is 0. The summed E-state index contributed by atoms with van der Waals surface area (Å²) in [6.07, 6.45) is 3.39. The van der Waals surface area contributed by atoms with Crippen LogP contribution in [0.15, 0.2) is 36.7 Å². The molecule has 0 amide bonds. The van der Waals surface area contributed by atoms with Crippen molar-refractivity contribution in [1.29, 1.82) is 0 Å². The van der Waals surface area contributed by atoms with Gasteiger partial charge in [-0.25, -0.2) is 0 Å². The summed E-state index contributed by atoms with van der Waals surface area (Å²) in [6, 6.07) is 7.80. The molecule has 0 atom stereocenters. The van der Waals surface area contributed by atoms with Crippen molar-refractivity contribution in [3.63, 3.8) is 0 Å². The molecular weight excluding hydrogens is 131 g/mol. The zero-order valence-electron chi connectivity index (χ0n) is 5.36. The molecule has 1 aromatic heterocycles. The molecule has 2 aromatic rings. The normalized spacial score (nSPS) is 9.09. The van der Waals surface area contributed by atoms with Crippen molar-refractivity contribution in [3.8, 4) is 0 Å². The maximum absolute atomic E-state index is 4.12. The maximum atomic E-state index is 4.12. The van der Waals surface area contributed by atoms with E-state index in [1.165, 1.54) is 0 Å². The topological polar surface area (TPSA) is 25.8 Å². The first-order chi connectivity index (χ1) is 4.97. The fourth-order valence-electron chi connectivity index (χ4n) is 0.910. The van der Waals surface area contributed by atoms with Crippen molar-refractivity contribution in [3.05, 3.63) is 36.7 Å². The van der Waals surface area contributed by atoms with Crippen LogP contribution in [0.5, 0.6) is 0 Å². The van der Waals surface area contributed by atoms with Gasteiger partial charge in [-0.3, -0.25) is 9.97 Å². The van der Waals surface area contributed by atoms with E-state index in [0.717, 1.165) is 11.0 Å². The van der Waals surface area contributed by atoms with Crippen molar-refractivity contribution < 1.29 is 0 Å². The summed E-state index contributed by atoms with van der Waals surface area (Å²) in [6.45, 7) is 0. The third kappa shape index (κ3) is 1.59. The number of fused-ring (bicyclic) bond motifs is 1. The minimum Gasteiger partial charge on any atom is -0.253 e. The third-order valence-electron chi connectivity index (χ3n) is 1.38. The van der Waals surface area contributed by atoms with E-state index in [1.54, 1.807) is 12.4 Å². The van der Waals surface area contributed by atoms with Gasteiger partial charge >= 0.3 is 18.9 Å². The van der Waals surface area contributed by atoms with Crippen LogP contribution in [0.4, 0.5) is 0 Å². The van der Waals surface area contributed by atoms with Crippen LogP contribution in [0.2, 0.25) is 0 Å². The van der Waals surface area contributed by atoms with Gasteiger partial charge in [0.05, 0.1) is 11.0 Å². The quantitative estimate of drug-likeness (QED) is 0.507. The number of benzene rings is 1. The molecule has 1 aromatic carbocycles. The Kier molecular flexibility index (Phi) is 2.64. The SMILES string of the molecule is [LiH].c1ccc2nccnc2c1. The molecule has 0 fully saturated rings. The molecule has 0 radical (unpaired) electrons. The van der Waals surface area contributed by atoms with Gasteiger partial charge in [-0.05, 0) is 12.1 Å². The number of aromatic nitrogens is 2. The van der Waals surface area contributed by atoms with E-state index in [2.05, 4.69) is 9.97 Å². The van der Waals surface area contributed by atoms with Crippen LogP contribution in [-0.4, -0.2) is 28.8 Å². The van der Waals surface area contributed by atoms with Crippen LogP contribution < -0.4 is 0 Å². The summed E-state index contributed by atoms with van der Waals surface area (Å²) < 4.78 is 0. The monoisotopic (exact) mass is 138 g/mol. The minimum absolute atomic E-state index is 0. The molecule has 50 valence electrons. The Morgan fingerprint density at radius 3 is 1.73 bits per heavy atom. The predicted molar refractivity (Wildman–Crippen MR) is 46.7 cm³/mol. The largest absolute Gasteiger partial charge is 0.253 e. The smallest absolute Gasteiger partial charge is 0.0886 e. The molecule has 1 heterocycles. The zero-order chi connectivity index (χ0) is 6.81. The molecule has 0 saturated carbocycles. The van der Waals surface area contributed by atoms with E-state index in [1.807, 2.05) is 24.3 Å². The molecular formula is C8H7LiN2. The van der Waals surface area contributed by atoms with Crippen LogP contribution in [0, 0.1) is 0 Å². The number of para-hydroxylation sites is 2. The molecule has 0 spiro atoms. The summed E-state index contributed by atoms with van der Waals surface area (Å²) >= 11 is 0. The molecule has 0 aliphatic carbocycles. The molecule has 3 heteroatoms. The van der Waals surface area contributed by atoms with Gasteiger partial charge in [0.15, 0.2) is 0 Å². The van der Waals surface area contributed by atoms with E-state index >= 15 is 0 Å². The Labute approximate surface area is 76.8 Å². The van der Waals surface area contributed by atoms with Gasteiger partial charge in [-0.1, -0.05) is 12.1 Å². The molecule has 11 heavy (non-hydrogen) atoms. The standard InChI is InChI=1S/C8H6N2.Li.H/c1-2-4-8-7(3-1)9-5-6-10-8;;/h1-6H;;. The van der Waals surface area contributed by atoms with Crippen molar-refractivity contribution in [2.24, 2.45) is 0 Å². The van der Waals surface area contributed by atoms with Crippen molar-refractivity contribution >= 4 is 29.9 Å². The summed E-state index contributed by atoms with van der Waals surface area (Å²) in [5, 5.41) is 0. The van der Waals surface area contributed by atoms with E-state index in [4.69, 9.17) is 0 Å². The zero-order valence-corrected chi connectivity index (χ0v) is 5.36.